The summed E-state index contributed by atoms with van der Waals surface area (Å²) >= 11 is 14.9. The summed E-state index contributed by atoms with van der Waals surface area (Å²) in [7, 11) is 0. The van der Waals surface area contributed by atoms with Gasteiger partial charge >= 0.3 is 0 Å². The molecule has 2 rings (SSSR count). The van der Waals surface area contributed by atoms with Crippen LogP contribution in [0, 0.1) is 0 Å². The summed E-state index contributed by atoms with van der Waals surface area (Å²) < 4.78 is 2.14. The molecule has 1 atom stereocenters. The molecule has 1 unspecified atom stereocenters. The molecule has 0 aliphatic carbocycles. The van der Waals surface area contributed by atoms with Gasteiger partial charge in [0, 0.05) is 14.4 Å². The van der Waals surface area contributed by atoms with E-state index in [0.717, 1.165) is 19.8 Å². The summed E-state index contributed by atoms with van der Waals surface area (Å²) in [5.74, 6) is 0. The Hall–Kier alpha value is 0.130. The topological polar surface area (TPSA) is 12.0 Å². The summed E-state index contributed by atoms with van der Waals surface area (Å²) in [6, 6.07) is 10.4. The number of halogens is 3. The lowest BCUT2D eigenvalue weighted by molar-refractivity contribution is 0.639. The van der Waals surface area contributed by atoms with Gasteiger partial charge in [0.15, 0.2) is 0 Å². The van der Waals surface area contributed by atoms with Crippen LogP contribution in [-0.2, 0) is 0 Å². The second kappa shape index (κ2) is 6.53. The zero-order valence-electron chi connectivity index (χ0n) is 9.71. The third-order valence-electron chi connectivity index (χ3n) is 2.50. The SMILES string of the molecule is CCNC(c1cc(Cl)cc(Br)c1)c1ccc(Br)s1. The Labute approximate surface area is 133 Å². The monoisotopic (exact) mass is 407 g/mol. The van der Waals surface area contributed by atoms with Crippen molar-refractivity contribution in [3.8, 4) is 0 Å². The van der Waals surface area contributed by atoms with Crippen LogP contribution in [0.3, 0.4) is 0 Å². The molecule has 0 saturated heterocycles. The van der Waals surface area contributed by atoms with Gasteiger partial charge in [-0.15, -0.1) is 11.3 Å². The zero-order valence-corrected chi connectivity index (χ0v) is 14.5. The van der Waals surface area contributed by atoms with Crippen molar-refractivity contribution in [2.75, 3.05) is 6.54 Å². The van der Waals surface area contributed by atoms with Crippen LogP contribution in [0.1, 0.15) is 23.4 Å². The molecule has 1 heterocycles. The predicted molar refractivity (Wildman–Crippen MR) is 86.7 cm³/mol. The molecule has 18 heavy (non-hydrogen) atoms. The third-order valence-corrected chi connectivity index (χ3v) is 4.87. The summed E-state index contributed by atoms with van der Waals surface area (Å²) in [6.07, 6.45) is 0. The molecular formula is C13H12Br2ClNS. The molecule has 0 aliphatic rings. The maximum atomic E-state index is 6.12. The standard InChI is InChI=1S/C13H12Br2ClNS/c1-2-17-13(11-3-4-12(15)18-11)8-5-9(14)7-10(16)6-8/h3-7,13,17H,2H2,1H3. The highest BCUT2D eigenvalue weighted by Crippen LogP contribution is 2.33. The van der Waals surface area contributed by atoms with Gasteiger partial charge in [0.1, 0.15) is 0 Å². The molecular weight excluding hydrogens is 397 g/mol. The van der Waals surface area contributed by atoms with Crippen LogP contribution in [0.2, 0.25) is 5.02 Å². The second-order valence-electron chi connectivity index (χ2n) is 3.84. The van der Waals surface area contributed by atoms with Gasteiger partial charge in [-0.2, -0.15) is 0 Å². The van der Waals surface area contributed by atoms with Gasteiger partial charge in [-0.3, -0.25) is 0 Å². The van der Waals surface area contributed by atoms with Crippen LogP contribution >= 0.6 is 54.8 Å². The Morgan fingerprint density at radius 1 is 1.28 bits per heavy atom. The fraction of sp³-hybridized carbons (Fsp3) is 0.231. The Morgan fingerprint density at radius 2 is 2.06 bits per heavy atom. The number of benzene rings is 1. The molecule has 1 aromatic carbocycles. The van der Waals surface area contributed by atoms with E-state index in [9.17, 15) is 0 Å². The predicted octanol–water partition coefficient (Wildman–Crippen LogP) is 5.63. The average Bonchev–Trinajstić information content (AvgIpc) is 2.71. The number of thiophene rings is 1. The lowest BCUT2D eigenvalue weighted by atomic mass is 10.1. The third kappa shape index (κ3) is 3.58. The van der Waals surface area contributed by atoms with Crippen molar-refractivity contribution in [2.45, 2.75) is 13.0 Å². The van der Waals surface area contributed by atoms with E-state index in [2.05, 4.69) is 62.3 Å². The summed E-state index contributed by atoms with van der Waals surface area (Å²) in [5, 5.41) is 4.24. The highest BCUT2D eigenvalue weighted by Gasteiger charge is 2.16. The van der Waals surface area contributed by atoms with Gasteiger partial charge in [-0.05, 0) is 58.4 Å². The molecule has 0 aliphatic heterocycles. The zero-order chi connectivity index (χ0) is 13.1. The van der Waals surface area contributed by atoms with E-state index in [0.29, 0.717) is 0 Å². The summed E-state index contributed by atoms with van der Waals surface area (Å²) in [5.41, 5.74) is 1.17. The highest BCUT2D eigenvalue weighted by atomic mass is 79.9. The number of hydrogen-bond donors (Lipinski definition) is 1. The Bertz CT molecular complexity index is 521. The Morgan fingerprint density at radius 3 is 2.61 bits per heavy atom. The Kier molecular flexibility index (Phi) is 5.27. The van der Waals surface area contributed by atoms with Crippen molar-refractivity contribution in [3.63, 3.8) is 0 Å². The van der Waals surface area contributed by atoms with Crippen LogP contribution in [0.25, 0.3) is 0 Å². The molecule has 0 amide bonds. The van der Waals surface area contributed by atoms with Gasteiger partial charge in [-0.25, -0.2) is 0 Å². The normalized spacial score (nSPS) is 12.7. The molecule has 96 valence electrons. The molecule has 0 saturated carbocycles. The first-order valence-corrected chi connectivity index (χ1v) is 8.33. The lowest BCUT2D eigenvalue weighted by Gasteiger charge is -2.17. The van der Waals surface area contributed by atoms with Crippen LogP contribution in [-0.4, -0.2) is 6.54 Å². The van der Waals surface area contributed by atoms with E-state index in [4.69, 9.17) is 11.6 Å². The van der Waals surface area contributed by atoms with Crippen LogP contribution in [0.15, 0.2) is 38.6 Å². The number of hydrogen-bond acceptors (Lipinski definition) is 2. The van der Waals surface area contributed by atoms with E-state index in [-0.39, 0.29) is 6.04 Å². The molecule has 0 bridgehead atoms. The van der Waals surface area contributed by atoms with E-state index in [1.54, 1.807) is 11.3 Å². The second-order valence-corrected chi connectivity index (χ2v) is 7.68. The molecule has 1 N–H and O–H groups in total. The Balaban J connectivity index is 2.40. The molecule has 2 aromatic rings. The number of nitrogens with one attached hydrogen (secondary N) is 1. The maximum Gasteiger partial charge on any atom is 0.0702 e. The van der Waals surface area contributed by atoms with Gasteiger partial charge in [0.2, 0.25) is 0 Å². The van der Waals surface area contributed by atoms with Crippen molar-refractivity contribution in [1.29, 1.82) is 0 Å². The average molecular weight is 410 g/mol. The van der Waals surface area contributed by atoms with Gasteiger partial charge in [-0.1, -0.05) is 34.5 Å². The molecule has 0 fully saturated rings. The molecule has 0 radical (unpaired) electrons. The van der Waals surface area contributed by atoms with E-state index < -0.39 is 0 Å². The van der Waals surface area contributed by atoms with Crippen LogP contribution in [0.5, 0.6) is 0 Å². The van der Waals surface area contributed by atoms with Crippen molar-refractivity contribution in [1.82, 2.24) is 5.32 Å². The molecule has 0 spiro atoms. The minimum absolute atomic E-state index is 0.182. The largest absolute Gasteiger partial charge is 0.306 e. The van der Waals surface area contributed by atoms with E-state index in [1.165, 1.54) is 10.4 Å². The van der Waals surface area contributed by atoms with Crippen molar-refractivity contribution < 1.29 is 0 Å². The van der Waals surface area contributed by atoms with E-state index >= 15 is 0 Å². The highest BCUT2D eigenvalue weighted by molar-refractivity contribution is 9.11. The first-order valence-electron chi connectivity index (χ1n) is 5.54. The van der Waals surface area contributed by atoms with E-state index in [1.807, 2.05) is 12.1 Å². The summed E-state index contributed by atoms with van der Waals surface area (Å²) in [6.45, 7) is 3.01. The fourth-order valence-corrected chi connectivity index (χ4v) is 4.23. The first-order chi connectivity index (χ1) is 8.60. The van der Waals surface area contributed by atoms with Crippen molar-refractivity contribution in [3.05, 3.63) is 54.1 Å². The fourth-order valence-electron chi connectivity index (χ4n) is 1.81. The van der Waals surface area contributed by atoms with Gasteiger partial charge in [0.05, 0.1) is 9.83 Å². The minimum Gasteiger partial charge on any atom is -0.306 e. The van der Waals surface area contributed by atoms with Crippen LogP contribution in [0.4, 0.5) is 0 Å². The molecule has 1 aromatic heterocycles. The minimum atomic E-state index is 0.182. The van der Waals surface area contributed by atoms with Gasteiger partial charge < -0.3 is 5.32 Å². The first kappa shape index (κ1) is 14.5. The number of rotatable bonds is 4. The van der Waals surface area contributed by atoms with Crippen molar-refractivity contribution in [2.24, 2.45) is 0 Å². The van der Waals surface area contributed by atoms with Crippen molar-refractivity contribution >= 4 is 54.8 Å². The quantitative estimate of drug-likeness (QED) is 0.690. The van der Waals surface area contributed by atoms with Gasteiger partial charge in [0.25, 0.3) is 0 Å². The maximum absolute atomic E-state index is 6.12. The molecule has 5 heteroatoms. The van der Waals surface area contributed by atoms with Crippen LogP contribution < -0.4 is 5.32 Å². The smallest absolute Gasteiger partial charge is 0.0702 e. The summed E-state index contributed by atoms with van der Waals surface area (Å²) in [4.78, 5) is 1.28. The molecule has 1 nitrogen and oxygen atoms in total. The lowest BCUT2D eigenvalue weighted by Crippen LogP contribution is -2.21.